The summed E-state index contributed by atoms with van der Waals surface area (Å²) in [6.45, 7) is 5.61. The zero-order chi connectivity index (χ0) is 48.2. The molecule has 1 saturated heterocycles. The van der Waals surface area contributed by atoms with Crippen molar-refractivity contribution in [1.82, 2.24) is 19.5 Å². The minimum atomic E-state index is -4.89. The van der Waals surface area contributed by atoms with Crippen molar-refractivity contribution in [1.29, 1.82) is 0 Å². The van der Waals surface area contributed by atoms with Gasteiger partial charge in [0.25, 0.3) is 0 Å². The number of hydrogen-bond donors (Lipinski definition) is 2. The number of unbranched alkanes of at least 4 members (excludes halogenated alkanes) is 24. The van der Waals surface area contributed by atoms with Crippen LogP contribution in [0.5, 0.6) is 0 Å². The Morgan fingerprint density at radius 2 is 1.24 bits per heavy atom. The molecule has 0 radical (unpaired) electrons. The minimum absolute atomic E-state index is 0.142. The summed E-state index contributed by atoms with van der Waals surface area (Å²) in [5.41, 5.74) is -1.70. The summed E-state index contributed by atoms with van der Waals surface area (Å²) in [7, 11) is -1.30. The number of ether oxygens (including phenoxy) is 3. The van der Waals surface area contributed by atoms with Crippen LogP contribution in [-0.4, -0.2) is 99.4 Å². The van der Waals surface area contributed by atoms with Crippen molar-refractivity contribution in [2.75, 3.05) is 38.8 Å². The fourth-order valence-corrected chi connectivity index (χ4v) is 9.18. The lowest BCUT2D eigenvalue weighted by Gasteiger charge is -2.24. The maximum Gasteiger partial charge on any atom is 0.472 e. The van der Waals surface area contributed by atoms with Gasteiger partial charge >= 0.3 is 19.8 Å². The number of esters is 2. The fourth-order valence-electron chi connectivity index (χ4n) is 8.42. The predicted octanol–water partition coefficient (Wildman–Crippen LogP) is 11.7. The highest BCUT2D eigenvalue weighted by Gasteiger charge is 2.56. The Labute approximate surface area is 395 Å². The van der Waals surface area contributed by atoms with Crippen molar-refractivity contribution in [3.63, 3.8) is 0 Å². The number of imidazole rings is 1. The van der Waals surface area contributed by atoms with Gasteiger partial charge in [0.1, 0.15) is 24.6 Å². The van der Waals surface area contributed by atoms with Crippen LogP contribution in [0.1, 0.15) is 213 Å². The van der Waals surface area contributed by atoms with Crippen LogP contribution in [0.15, 0.2) is 6.33 Å². The van der Waals surface area contributed by atoms with E-state index in [1.807, 2.05) is 0 Å². The smallest absolute Gasteiger partial charge is 0.462 e. The molecule has 2 aromatic heterocycles. The highest BCUT2D eigenvalue weighted by atomic mass is 31.2. The van der Waals surface area contributed by atoms with Gasteiger partial charge in [-0.2, -0.15) is 0 Å². The molecular weight excluding hydrogens is 869 g/mol. The molecule has 17 heteroatoms. The van der Waals surface area contributed by atoms with Crippen LogP contribution in [0.3, 0.4) is 0 Å². The number of phosphoric acid groups is 1. The summed E-state index contributed by atoms with van der Waals surface area (Å²) in [4.78, 5) is 51.3. The summed E-state index contributed by atoms with van der Waals surface area (Å²) in [6.07, 6.45) is 26.5. The van der Waals surface area contributed by atoms with Crippen LogP contribution in [0, 0.1) is 6.92 Å². The van der Waals surface area contributed by atoms with Crippen molar-refractivity contribution >= 4 is 36.7 Å². The van der Waals surface area contributed by atoms with E-state index in [1.54, 1.807) is 25.9 Å². The van der Waals surface area contributed by atoms with Crippen molar-refractivity contribution in [3.05, 3.63) is 12.2 Å². The third-order valence-corrected chi connectivity index (χ3v) is 13.4. The number of alkyl halides is 1. The van der Waals surface area contributed by atoms with E-state index in [-0.39, 0.29) is 25.1 Å². The van der Waals surface area contributed by atoms with Crippen molar-refractivity contribution in [2.45, 2.75) is 238 Å². The largest absolute Gasteiger partial charge is 0.472 e. The number of hydrogen-bond acceptors (Lipinski definition) is 13. The number of anilines is 1. The molecule has 15 nitrogen and oxygen atoms in total. The second-order valence-electron chi connectivity index (χ2n) is 18.8. The van der Waals surface area contributed by atoms with Crippen LogP contribution in [0.25, 0.3) is 11.2 Å². The Hall–Kier alpha value is -2.75. The zero-order valence-corrected chi connectivity index (χ0v) is 42.4. The van der Waals surface area contributed by atoms with Gasteiger partial charge in [0.15, 0.2) is 35.0 Å². The van der Waals surface area contributed by atoms with E-state index in [9.17, 15) is 24.2 Å². The third-order valence-electron chi connectivity index (χ3n) is 12.4. The molecular formula is C49H87FN5O10P. The average Bonchev–Trinajstić information content (AvgIpc) is 3.79. The zero-order valence-electron chi connectivity index (χ0n) is 41.5. The molecule has 2 aromatic rings. The summed E-state index contributed by atoms with van der Waals surface area (Å²) < 4.78 is 58.1. The first-order valence-electron chi connectivity index (χ1n) is 25.6. The number of halogens is 1. The molecule has 3 heterocycles. The molecule has 0 bridgehead atoms. The number of aromatic nitrogens is 4. The van der Waals surface area contributed by atoms with E-state index in [0.717, 1.165) is 45.4 Å². The Bertz CT molecular complexity index is 1700. The van der Waals surface area contributed by atoms with E-state index in [1.165, 1.54) is 126 Å². The van der Waals surface area contributed by atoms with Gasteiger partial charge in [0.2, 0.25) is 0 Å². The Morgan fingerprint density at radius 3 is 1.73 bits per heavy atom. The molecule has 1 aliphatic heterocycles. The maximum absolute atomic E-state index is 16.2. The van der Waals surface area contributed by atoms with Gasteiger partial charge in [-0.1, -0.05) is 168 Å². The van der Waals surface area contributed by atoms with Crippen molar-refractivity contribution < 1.29 is 51.8 Å². The van der Waals surface area contributed by atoms with Crippen LogP contribution in [-0.2, 0) is 37.4 Å². The molecule has 66 heavy (non-hydrogen) atoms. The van der Waals surface area contributed by atoms with Crippen LogP contribution < -0.4 is 4.90 Å². The fraction of sp³-hybridized carbons (Fsp3) is 0.857. The second kappa shape index (κ2) is 32.1. The SMILES string of the molecule is CCCCCCCCCCCCCCCC(=O)OCC(COP(=O)(O)OC[C@H]1O[C@@H](n2cnc3c(N(C)C)nc(C)nc32)[C@](C)(F)[C@@H]1O)OC(=O)CCCCCCCCCCCCCCC. The third kappa shape index (κ3) is 21.7. The maximum atomic E-state index is 16.2. The van der Waals surface area contributed by atoms with E-state index in [2.05, 4.69) is 28.8 Å². The Balaban J connectivity index is 1.47. The number of carbonyl (C=O) groups excluding carboxylic acids is 2. The molecule has 2 unspecified atom stereocenters. The number of aliphatic hydroxyl groups excluding tert-OH is 1. The summed E-state index contributed by atoms with van der Waals surface area (Å²) in [5.74, 6) is -0.0606. The first kappa shape index (κ1) is 57.6. The molecule has 3 rings (SSSR count). The van der Waals surface area contributed by atoms with E-state index in [4.69, 9.17) is 23.3 Å². The Morgan fingerprint density at radius 1 is 0.773 bits per heavy atom. The molecule has 1 fully saturated rings. The number of rotatable bonds is 39. The van der Waals surface area contributed by atoms with E-state index >= 15 is 4.39 Å². The van der Waals surface area contributed by atoms with Gasteiger partial charge in [-0.15, -0.1) is 0 Å². The van der Waals surface area contributed by atoms with Gasteiger partial charge < -0.3 is 29.1 Å². The van der Waals surface area contributed by atoms with Gasteiger partial charge in [0.05, 0.1) is 19.5 Å². The second-order valence-corrected chi connectivity index (χ2v) is 20.2. The number of carbonyl (C=O) groups is 2. The monoisotopic (exact) mass is 956 g/mol. The number of aryl methyl sites for hydroxylation is 1. The predicted molar refractivity (Wildman–Crippen MR) is 257 cm³/mol. The first-order chi connectivity index (χ1) is 31.7. The summed E-state index contributed by atoms with van der Waals surface area (Å²) >= 11 is 0. The molecule has 0 aromatic carbocycles. The molecule has 0 saturated carbocycles. The van der Waals surface area contributed by atoms with Gasteiger partial charge in [-0.3, -0.25) is 23.2 Å². The molecule has 380 valence electrons. The topological polar surface area (TPSA) is 185 Å². The molecule has 2 N–H and O–H groups in total. The van der Waals surface area contributed by atoms with Crippen molar-refractivity contribution in [3.8, 4) is 0 Å². The average molecular weight is 956 g/mol. The number of aliphatic hydroxyl groups is 1. The first-order valence-corrected chi connectivity index (χ1v) is 27.1. The normalized spacial score (nSPS) is 19.9. The number of phosphoric ester groups is 1. The lowest BCUT2D eigenvalue weighted by Crippen LogP contribution is -2.40. The number of fused-ring (bicyclic) bond motifs is 1. The van der Waals surface area contributed by atoms with Gasteiger partial charge in [-0.25, -0.2) is 23.9 Å². The summed E-state index contributed by atoms with van der Waals surface area (Å²) in [5, 5.41) is 11.0. The van der Waals surface area contributed by atoms with Crippen LogP contribution in [0.4, 0.5) is 10.2 Å². The van der Waals surface area contributed by atoms with Crippen LogP contribution >= 0.6 is 7.82 Å². The van der Waals surface area contributed by atoms with Crippen LogP contribution in [0.2, 0.25) is 0 Å². The number of nitrogens with zero attached hydrogens (tertiary/aromatic N) is 5. The lowest BCUT2D eigenvalue weighted by molar-refractivity contribution is -0.161. The Kier molecular flexibility index (Phi) is 28.0. The highest BCUT2D eigenvalue weighted by molar-refractivity contribution is 7.47. The quantitative estimate of drug-likeness (QED) is 0.0366. The molecule has 0 aliphatic carbocycles. The van der Waals surface area contributed by atoms with E-state index < -0.39 is 63.2 Å². The van der Waals surface area contributed by atoms with Gasteiger partial charge in [0, 0.05) is 26.9 Å². The lowest BCUT2D eigenvalue weighted by atomic mass is 9.98. The minimum Gasteiger partial charge on any atom is -0.462 e. The molecule has 0 spiro atoms. The summed E-state index contributed by atoms with van der Waals surface area (Å²) in [6, 6.07) is 0. The molecule has 1 aliphatic rings. The molecule has 6 atom stereocenters. The van der Waals surface area contributed by atoms with Gasteiger partial charge in [-0.05, 0) is 26.7 Å². The van der Waals surface area contributed by atoms with E-state index in [0.29, 0.717) is 30.0 Å². The van der Waals surface area contributed by atoms with Crippen molar-refractivity contribution in [2.24, 2.45) is 0 Å². The standard InChI is InChI=1S/C49H87FN5O10P/c1-7-9-11-13-15-17-19-21-23-25-27-29-31-33-42(56)61-35-40(64-43(57)34-32-30-28-26-24-22-20-18-16-14-12-10-8-2)36-62-66(59,60)63-37-41-45(58)49(4,50)48(65-41)55-38-51-44-46(54(5)6)52-39(3)53-47(44)55/h38,40-41,45,48,58H,7-37H2,1-6H3,(H,59,60)/t40?,41-,45-,48-,49-/m1/s1. The highest BCUT2D eigenvalue weighted by Crippen LogP contribution is 2.47. The molecule has 0 amide bonds.